The van der Waals surface area contributed by atoms with E-state index in [9.17, 15) is 0 Å². The molecule has 1 saturated carbocycles. The smallest absolute Gasteiger partial charge is 0.198 e. The van der Waals surface area contributed by atoms with Crippen molar-refractivity contribution in [2.75, 3.05) is 10.2 Å². The summed E-state index contributed by atoms with van der Waals surface area (Å²) < 4.78 is 0. The van der Waals surface area contributed by atoms with E-state index in [0.717, 1.165) is 13.0 Å². The summed E-state index contributed by atoms with van der Waals surface area (Å²) in [6.07, 6.45) is 4.94. The van der Waals surface area contributed by atoms with Crippen LogP contribution in [0.1, 0.15) is 93.7 Å². The van der Waals surface area contributed by atoms with E-state index in [0.29, 0.717) is 0 Å². The van der Waals surface area contributed by atoms with Crippen molar-refractivity contribution in [2.24, 2.45) is 0 Å². The minimum absolute atomic E-state index is 0.0380. The van der Waals surface area contributed by atoms with E-state index in [4.69, 9.17) is 0 Å². The molecule has 0 saturated heterocycles. The fourth-order valence-electron chi connectivity index (χ4n) is 11.7. The Bertz CT molecular complexity index is 2710. The van der Waals surface area contributed by atoms with Gasteiger partial charge in [-0.1, -0.05) is 186 Å². The monoisotopic (exact) mass is 750 g/mol. The highest BCUT2D eigenvalue weighted by Gasteiger charge is 2.59. The van der Waals surface area contributed by atoms with Crippen LogP contribution in [-0.4, -0.2) is 12.8 Å². The van der Waals surface area contributed by atoms with Gasteiger partial charge in [-0.2, -0.15) is 0 Å². The van der Waals surface area contributed by atoms with E-state index < -0.39 is 5.41 Å². The van der Waals surface area contributed by atoms with Gasteiger partial charge in [-0.25, -0.2) is 0 Å². The van der Waals surface area contributed by atoms with Crippen molar-refractivity contribution in [1.29, 1.82) is 0 Å². The first-order valence-corrected chi connectivity index (χ1v) is 21.4. The minimum atomic E-state index is -0.526. The van der Waals surface area contributed by atoms with Crippen molar-refractivity contribution >= 4 is 41.0 Å². The first kappa shape index (κ1) is 35.4. The van der Waals surface area contributed by atoms with Gasteiger partial charge in [0.2, 0.25) is 0 Å². The van der Waals surface area contributed by atoms with Gasteiger partial charge in [-0.15, -0.1) is 0 Å². The highest BCUT2D eigenvalue weighted by atomic mass is 15.3. The van der Waals surface area contributed by atoms with E-state index in [1.54, 1.807) is 5.56 Å². The standard InChI is InChI=1S/C55H51BN2/c1-52(2,3)40-34-45-51-46(35-40)56-49-42(32-37(36-20-9-6-10-21-36)33-48(49)58(51)54(5)31-18-17-30-53(45,54)4)41-26-19-28-44-50(41)57-47-29-16-15-27-43(47)55(44,38-22-11-7-12-23-38)39-24-13-8-14-25-39/h6-16,19-29,32-35,56-57H,17-18,30-31H2,1-5H3. The van der Waals surface area contributed by atoms with Gasteiger partial charge in [-0.3, -0.25) is 0 Å². The van der Waals surface area contributed by atoms with Crippen molar-refractivity contribution in [3.63, 3.8) is 0 Å². The van der Waals surface area contributed by atoms with Crippen LogP contribution in [0, 0.1) is 0 Å². The molecule has 1 N–H and O–H groups in total. The van der Waals surface area contributed by atoms with Crippen LogP contribution < -0.4 is 21.1 Å². The molecule has 0 aromatic heterocycles. The van der Waals surface area contributed by atoms with Crippen LogP contribution in [0.15, 0.2) is 158 Å². The lowest BCUT2D eigenvalue weighted by atomic mass is 9.56. The second kappa shape index (κ2) is 12.6. The van der Waals surface area contributed by atoms with Crippen LogP contribution in [0.3, 0.4) is 0 Å². The zero-order chi connectivity index (χ0) is 39.4. The van der Waals surface area contributed by atoms with E-state index in [-0.39, 0.29) is 16.4 Å². The molecule has 0 spiro atoms. The Hall–Kier alpha value is -5.80. The molecule has 2 nitrogen and oxygen atoms in total. The molecule has 0 amide bonds. The largest absolute Gasteiger partial charge is 0.354 e. The Morgan fingerprint density at radius 1 is 0.586 bits per heavy atom. The van der Waals surface area contributed by atoms with Crippen LogP contribution in [0.2, 0.25) is 0 Å². The fraction of sp³-hybridized carbons (Fsp3) is 0.236. The minimum Gasteiger partial charge on any atom is -0.354 e. The molecule has 58 heavy (non-hydrogen) atoms. The zero-order valence-corrected chi connectivity index (χ0v) is 34.5. The quantitative estimate of drug-likeness (QED) is 0.180. The first-order valence-electron chi connectivity index (χ1n) is 21.4. The average Bonchev–Trinajstić information content (AvgIpc) is 3.47. The molecule has 2 atom stereocenters. The molecule has 4 aliphatic rings. The van der Waals surface area contributed by atoms with Crippen LogP contribution in [0.4, 0.5) is 22.7 Å². The Balaban J connectivity index is 1.24. The van der Waals surface area contributed by atoms with Crippen molar-refractivity contribution < 1.29 is 0 Å². The summed E-state index contributed by atoms with van der Waals surface area (Å²) in [5.41, 5.74) is 20.9. The van der Waals surface area contributed by atoms with Gasteiger partial charge in [0.05, 0.1) is 16.6 Å². The second-order valence-corrected chi connectivity index (χ2v) is 18.9. The number of hydrogen-bond donors (Lipinski definition) is 1. The molecule has 284 valence electrons. The molecule has 1 aliphatic carbocycles. The number of benzene rings is 7. The Morgan fingerprint density at radius 2 is 1.22 bits per heavy atom. The number of nitrogens with one attached hydrogen (secondary N) is 1. The molecular weight excluding hydrogens is 699 g/mol. The van der Waals surface area contributed by atoms with Crippen LogP contribution in [0.5, 0.6) is 0 Å². The SMILES string of the molecule is CC(C)(C)c1cc2c3c(c1)C1(C)CCCCC1(C)N3c1cc(-c3ccccc3)cc(-c3cccc4c3Nc3ccccc3C4(c3ccccc3)c3ccccc3)c1B2. The molecule has 0 bridgehead atoms. The first-order chi connectivity index (χ1) is 28.1. The number of rotatable bonds is 4. The molecule has 7 aromatic rings. The lowest BCUT2D eigenvalue weighted by Crippen LogP contribution is -2.57. The van der Waals surface area contributed by atoms with Crippen molar-refractivity contribution in [3.05, 3.63) is 191 Å². The highest BCUT2D eigenvalue weighted by Crippen LogP contribution is 2.62. The van der Waals surface area contributed by atoms with E-state index in [1.165, 1.54) is 104 Å². The molecular formula is C55H51BN2. The molecule has 7 aromatic carbocycles. The van der Waals surface area contributed by atoms with Gasteiger partial charge in [-0.05, 0) is 98.9 Å². The molecule has 11 rings (SSSR count). The van der Waals surface area contributed by atoms with E-state index in [2.05, 4.69) is 203 Å². The van der Waals surface area contributed by atoms with Gasteiger partial charge in [0.1, 0.15) is 0 Å². The van der Waals surface area contributed by atoms with Crippen molar-refractivity contribution in [1.82, 2.24) is 0 Å². The third-order valence-electron chi connectivity index (χ3n) is 14.9. The topological polar surface area (TPSA) is 15.3 Å². The van der Waals surface area contributed by atoms with Gasteiger partial charge < -0.3 is 10.2 Å². The third kappa shape index (κ3) is 4.80. The maximum absolute atomic E-state index is 4.10. The molecule has 2 unspecified atom stereocenters. The number of nitrogens with zero attached hydrogens (tertiary/aromatic N) is 1. The predicted octanol–water partition coefficient (Wildman–Crippen LogP) is 12.2. The van der Waals surface area contributed by atoms with Crippen molar-refractivity contribution in [2.45, 2.75) is 82.1 Å². The van der Waals surface area contributed by atoms with Gasteiger partial charge in [0, 0.05) is 28.0 Å². The number of para-hydroxylation sites is 2. The summed E-state index contributed by atoms with van der Waals surface area (Å²) >= 11 is 0. The lowest BCUT2D eigenvalue weighted by Gasteiger charge is -2.51. The lowest BCUT2D eigenvalue weighted by molar-refractivity contribution is 0.195. The molecule has 3 heteroatoms. The van der Waals surface area contributed by atoms with Crippen LogP contribution in [-0.2, 0) is 16.2 Å². The molecule has 0 radical (unpaired) electrons. The van der Waals surface area contributed by atoms with E-state index >= 15 is 0 Å². The summed E-state index contributed by atoms with van der Waals surface area (Å²) in [6, 6.07) is 59.7. The number of fused-ring (bicyclic) bond motifs is 7. The number of anilines is 4. The maximum Gasteiger partial charge on any atom is 0.198 e. The molecule has 3 heterocycles. The molecule has 3 aliphatic heterocycles. The summed E-state index contributed by atoms with van der Waals surface area (Å²) in [5, 5.41) is 4.10. The summed E-state index contributed by atoms with van der Waals surface area (Å²) in [6.45, 7) is 12.3. The Kier molecular flexibility index (Phi) is 7.69. The van der Waals surface area contributed by atoms with Gasteiger partial charge in [0.25, 0.3) is 0 Å². The number of hydrogen-bond acceptors (Lipinski definition) is 2. The van der Waals surface area contributed by atoms with E-state index in [1.807, 2.05) is 0 Å². The highest BCUT2D eigenvalue weighted by molar-refractivity contribution is 6.73. The average molecular weight is 751 g/mol. The molecule has 1 fully saturated rings. The summed E-state index contributed by atoms with van der Waals surface area (Å²) in [4.78, 5) is 2.86. The van der Waals surface area contributed by atoms with Crippen LogP contribution >= 0.6 is 0 Å². The summed E-state index contributed by atoms with van der Waals surface area (Å²) in [7, 11) is 0.900. The predicted molar refractivity (Wildman–Crippen MR) is 247 cm³/mol. The van der Waals surface area contributed by atoms with Crippen molar-refractivity contribution in [3.8, 4) is 22.3 Å². The van der Waals surface area contributed by atoms with Gasteiger partial charge in [0.15, 0.2) is 7.28 Å². The zero-order valence-electron chi connectivity index (χ0n) is 34.5. The van der Waals surface area contributed by atoms with Crippen LogP contribution in [0.25, 0.3) is 22.3 Å². The third-order valence-corrected chi connectivity index (χ3v) is 14.9. The second-order valence-electron chi connectivity index (χ2n) is 18.9. The normalized spacial score (nSPS) is 20.7. The fourth-order valence-corrected chi connectivity index (χ4v) is 11.7. The summed E-state index contributed by atoms with van der Waals surface area (Å²) in [5.74, 6) is 0. The maximum atomic E-state index is 4.10. The Labute approximate surface area is 345 Å². The van der Waals surface area contributed by atoms with Gasteiger partial charge >= 0.3 is 0 Å². The Morgan fingerprint density at radius 3 is 1.93 bits per heavy atom.